The number of benzene rings is 1. The molecule has 0 saturated carbocycles. The molecule has 1 N–H and O–H groups in total. The van der Waals surface area contributed by atoms with Crippen LogP contribution in [0.1, 0.15) is 26.2 Å². The standard InChI is InChI=1S/C14H20ClFN2/c1-2-8-17-11-6-9-18(10-7-11)14-12(15)4-3-5-13(14)16/h3-5,11,17H,2,6-10H2,1H3. The van der Waals surface area contributed by atoms with E-state index in [9.17, 15) is 4.39 Å². The highest BCUT2D eigenvalue weighted by Gasteiger charge is 2.22. The molecule has 1 fully saturated rings. The fourth-order valence-corrected chi connectivity index (χ4v) is 2.73. The van der Waals surface area contributed by atoms with Gasteiger partial charge < -0.3 is 10.2 Å². The minimum absolute atomic E-state index is 0.220. The van der Waals surface area contributed by atoms with Gasteiger partial charge in [-0.25, -0.2) is 4.39 Å². The molecule has 18 heavy (non-hydrogen) atoms. The number of para-hydroxylation sites is 1. The number of anilines is 1. The highest BCUT2D eigenvalue weighted by Crippen LogP contribution is 2.30. The van der Waals surface area contributed by atoms with Gasteiger partial charge in [-0.05, 0) is 37.9 Å². The predicted molar refractivity (Wildman–Crippen MR) is 74.9 cm³/mol. The molecule has 1 heterocycles. The topological polar surface area (TPSA) is 15.3 Å². The molecule has 0 aliphatic carbocycles. The Labute approximate surface area is 113 Å². The molecule has 100 valence electrons. The van der Waals surface area contributed by atoms with Crippen LogP contribution in [0, 0.1) is 5.82 Å². The molecule has 0 spiro atoms. The molecular formula is C14H20ClFN2. The van der Waals surface area contributed by atoms with Crippen LogP contribution in [0.4, 0.5) is 10.1 Å². The van der Waals surface area contributed by atoms with Crippen LogP contribution in [-0.4, -0.2) is 25.7 Å². The Morgan fingerprint density at radius 1 is 1.39 bits per heavy atom. The predicted octanol–water partition coefficient (Wildman–Crippen LogP) is 3.45. The molecule has 1 aromatic carbocycles. The second-order valence-corrected chi connectivity index (χ2v) is 5.19. The Balaban J connectivity index is 1.97. The molecule has 0 unspecified atom stereocenters. The van der Waals surface area contributed by atoms with Crippen LogP contribution in [-0.2, 0) is 0 Å². The average molecular weight is 271 g/mol. The van der Waals surface area contributed by atoms with Crippen molar-refractivity contribution in [3.8, 4) is 0 Å². The van der Waals surface area contributed by atoms with Gasteiger partial charge in [-0.3, -0.25) is 0 Å². The SMILES string of the molecule is CCCNC1CCN(c2c(F)cccc2Cl)CC1. The molecule has 0 radical (unpaired) electrons. The van der Waals surface area contributed by atoms with Crippen LogP contribution < -0.4 is 10.2 Å². The molecule has 1 aromatic rings. The van der Waals surface area contributed by atoms with Gasteiger partial charge in [0.1, 0.15) is 5.82 Å². The molecule has 2 rings (SSSR count). The maximum absolute atomic E-state index is 13.8. The largest absolute Gasteiger partial charge is 0.368 e. The van der Waals surface area contributed by atoms with E-state index < -0.39 is 0 Å². The van der Waals surface area contributed by atoms with Gasteiger partial charge in [0.15, 0.2) is 0 Å². The molecule has 1 aliphatic heterocycles. The molecule has 1 saturated heterocycles. The van der Waals surface area contributed by atoms with Gasteiger partial charge in [0.25, 0.3) is 0 Å². The smallest absolute Gasteiger partial charge is 0.148 e. The number of hydrogen-bond donors (Lipinski definition) is 1. The Morgan fingerprint density at radius 2 is 2.11 bits per heavy atom. The normalized spacial score (nSPS) is 17.2. The van der Waals surface area contributed by atoms with Crippen molar-refractivity contribution in [2.24, 2.45) is 0 Å². The average Bonchev–Trinajstić information content (AvgIpc) is 2.37. The first-order valence-electron chi connectivity index (χ1n) is 6.64. The second-order valence-electron chi connectivity index (χ2n) is 4.79. The molecule has 4 heteroatoms. The number of piperidine rings is 1. The highest BCUT2D eigenvalue weighted by atomic mass is 35.5. The zero-order valence-electron chi connectivity index (χ0n) is 10.8. The molecule has 0 aromatic heterocycles. The van der Waals surface area contributed by atoms with Crippen molar-refractivity contribution in [2.45, 2.75) is 32.2 Å². The molecule has 2 nitrogen and oxygen atoms in total. The molecule has 0 bridgehead atoms. The number of nitrogens with zero attached hydrogens (tertiary/aromatic N) is 1. The maximum Gasteiger partial charge on any atom is 0.148 e. The van der Waals surface area contributed by atoms with E-state index in [4.69, 9.17) is 11.6 Å². The summed E-state index contributed by atoms with van der Waals surface area (Å²) in [6.07, 6.45) is 3.24. The van der Waals surface area contributed by atoms with Crippen molar-refractivity contribution in [1.29, 1.82) is 0 Å². The summed E-state index contributed by atoms with van der Waals surface area (Å²) in [6.45, 7) is 4.95. The van der Waals surface area contributed by atoms with E-state index in [1.807, 2.05) is 0 Å². The zero-order chi connectivity index (χ0) is 13.0. The summed E-state index contributed by atoms with van der Waals surface area (Å²) in [6, 6.07) is 5.44. The first-order chi connectivity index (χ1) is 8.72. The zero-order valence-corrected chi connectivity index (χ0v) is 11.5. The number of hydrogen-bond acceptors (Lipinski definition) is 2. The lowest BCUT2D eigenvalue weighted by molar-refractivity contribution is 0.413. The molecule has 0 atom stereocenters. The van der Waals surface area contributed by atoms with E-state index in [1.54, 1.807) is 12.1 Å². The Kier molecular flexibility index (Phi) is 4.84. The molecular weight excluding hydrogens is 251 g/mol. The fourth-order valence-electron chi connectivity index (χ4n) is 2.45. The van der Waals surface area contributed by atoms with Crippen LogP contribution in [0.5, 0.6) is 0 Å². The van der Waals surface area contributed by atoms with Crippen molar-refractivity contribution in [3.63, 3.8) is 0 Å². The van der Waals surface area contributed by atoms with Crippen LogP contribution in [0.3, 0.4) is 0 Å². The van der Waals surface area contributed by atoms with Gasteiger partial charge in [0.2, 0.25) is 0 Å². The lowest BCUT2D eigenvalue weighted by Gasteiger charge is -2.34. The van der Waals surface area contributed by atoms with E-state index in [-0.39, 0.29) is 5.82 Å². The third kappa shape index (κ3) is 3.15. The summed E-state index contributed by atoms with van der Waals surface area (Å²) in [5.74, 6) is -0.220. The van der Waals surface area contributed by atoms with Gasteiger partial charge >= 0.3 is 0 Å². The Hall–Kier alpha value is -0.800. The first kappa shape index (κ1) is 13.6. The third-order valence-corrected chi connectivity index (χ3v) is 3.74. The Morgan fingerprint density at radius 3 is 2.72 bits per heavy atom. The van der Waals surface area contributed by atoms with Crippen molar-refractivity contribution in [3.05, 3.63) is 29.0 Å². The van der Waals surface area contributed by atoms with Crippen molar-refractivity contribution in [2.75, 3.05) is 24.5 Å². The van der Waals surface area contributed by atoms with E-state index in [2.05, 4.69) is 17.1 Å². The molecule has 1 aliphatic rings. The number of rotatable bonds is 4. The fraction of sp³-hybridized carbons (Fsp3) is 0.571. The number of nitrogens with one attached hydrogen (secondary N) is 1. The van der Waals surface area contributed by atoms with Gasteiger partial charge in [-0.1, -0.05) is 24.6 Å². The monoisotopic (exact) mass is 270 g/mol. The molecule has 0 amide bonds. The van der Waals surface area contributed by atoms with Gasteiger partial charge in [-0.15, -0.1) is 0 Å². The summed E-state index contributed by atoms with van der Waals surface area (Å²) < 4.78 is 13.8. The van der Waals surface area contributed by atoms with Gasteiger partial charge in [-0.2, -0.15) is 0 Å². The van der Waals surface area contributed by atoms with E-state index in [0.717, 1.165) is 38.9 Å². The van der Waals surface area contributed by atoms with Crippen LogP contribution in [0.15, 0.2) is 18.2 Å². The summed E-state index contributed by atoms with van der Waals surface area (Å²) in [5, 5.41) is 4.03. The van der Waals surface area contributed by atoms with Crippen LogP contribution >= 0.6 is 11.6 Å². The number of halogens is 2. The van der Waals surface area contributed by atoms with E-state index in [0.29, 0.717) is 16.8 Å². The summed E-state index contributed by atoms with van der Waals surface area (Å²) in [4.78, 5) is 2.06. The van der Waals surface area contributed by atoms with Crippen molar-refractivity contribution >= 4 is 17.3 Å². The first-order valence-corrected chi connectivity index (χ1v) is 7.02. The minimum atomic E-state index is -0.220. The van der Waals surface area contributed by atoms with Crippen LogP contribution in [0.2, 0.25) is 5.02 Å². The van der Waals surface area contributed by atoms with Crippen molar-refractivity contribution < 1.29 is 4.39 Å². The summed E-state index contributed by atoms with van der Waals surface area (Å²) >= 11 is 6.09. The van der Waals surface area contributed by atoms with Crippen molar-refractivity contribution in [1.82, 2.24) is 5.32 Å². The van der Waals surface area contributed by atoms with Gasteiger partial charge in [0, 0.05) is 19.1 Å². The lowest BCUT2D eigenvalue weighted by atomic mass is 10.0. The highest BCUT2D eigenvalue weighted by molar-refractivity contribution is 6.33. The summed E-state index contributed by atoms with van der Waals surface area (Å²) in [5.41, 5.74) is 0.563. The second kappa shape index (κ2) is 6.39. The minimum Gasteiger partial charge on any atom is -0.368 e. The maximum atomic E-state index is 13.8. The van der Waals surface area contributed by atoms with E-state index in [1.165, 1.54) is 6.07 Å². The quantitative estimate of drug-likeness (QED) is 0.902. The summed E-state index contributed by atoms with van der Waals surface area (Å²) in [7, 11) is 0. The lowest BCUT2D eigenvalue weighted by Crippen LogP contribution is -2.43. The third-order valence-electron chi connectivity index (χ3n) is 3.43. The van der Waals surface area contributed by atoms with Gasteiger partial charge in [0.05, 0.1) is 10.7 Å². The van der Waals surface area contributed by atoms with E-state index >= 15 is 0 Å². The van der Waals surface area contributed by atoms with Crippen LogP contribution in [0.25, 0.3) is 0 Å². The Bertz CT molecular complexity index is 369.